The van der Waals surface area contributed by atoms with Crippen LogP contribution in [0.25, 0.3) is 5.69 Å². The number of para-hydroxylation sites is 2. The van der Waals surface area contributed by atoms with E-state index in [1.807, 2.05) is 18.2 Å². The first kappa shape index (κ1) is 21.5. The fraction of sp³-hybridized carbons (Fsp3) is 0.348. The molecule has 0 N–H and O–H groups in total. The standard InChI is InChI=1S/C23H25N5O4/c1-27(22(30)32-17-11-5-3-6-12-17)23(15-9-4-10-16-23)21-24-25-26-28(21)19-14-8-7-13-18(19)20(29)31-2/h3,5-8,11-14H,4,9-10,15-16H2,1-2H3. The molecule has 4 rings (SSSR count). The third kappa shape index (κ3) is 3.93. The summed E-state index contributed by atoms with van der Waals surface area (Å²) in [4.78, 5) is 27.1. The Balaban J connectivity index is 1.76. The Morgan fingerprint density at radius 2 is 1.69 bits per heavy atom. The highest BCUT2D eigenvalue weighted by Crippen LogP contribution is 2.41. The van der Waals surface area contributed by atoms with Gasteiger partial charge in [0.1, 0.15) is 11.3 Å². The van der Waals surface area contributed by atoms with E-state index in [-0.39, 0.29) is 0 Å². The van der Waals surface area contributed by atoms with Gasteiger partial charge in [-0.15, -0.1) is 5.10 Å². The maximum Gasteiger partial charge on any atom is 0.415 e. The van der Waals surface area contributed by atoms with Gasteiger partial charge in [0.2, 0.25) is 0 Å². The van der Waals surface area contributed by atoms with Gasteiger partial charge in [-0.3, -0.25) is 4.90 Å². The number of rotatable bonds is 5. The molecule has 0 atom stereocenters. The number of ether oxygens (including phenoxy) is 2. The van der Waals surface area contributed by atoms with Crippen LogP contribution >= 0.6 is 0 Å². The zero-order valence-corrected chi connectivity index (χ0v) is 18.1. The van der Waals surface area contributed by atoms with E-state index in [1.165, 1.54) is 11.8 Å². The van der Waals surface area contributed by atoms with E-state index in [1.54, 1.807) is 48.3 Å². The average molecular weight is 435 g/mol. The van der Waals surface area contributed by atoms with E-state index in [0.717, 1.165) is 19.3 Å². The molecule has 32 heavy (non-hydrogen) atoms. The first-order chi connectivity index (χ1) is 15.6. The summed E-state index contributed by atoms with van der Waals surface area (Å²) in [5.74, 6) is 0.462. The van der Waals surface area contributed by atoms with Crippen LogP contribution in [0.1, 0.15) is 48.3 Å². The molecule has 1 aliphatic rings. The molecule has 1 saturated carbocycles. The van der Waals surface area contributed by atoms with Crippen LogP contribution in [0.4, 0.5) is 4.79 Å². The minimum Gasteiger partial charge on any atom is -0.465 e. The van der Waals surface area contributed by atoms with Gasteiger partial charge in [-0.05, 0) is 47.5 Å². The van der Waals surface area contributed by atoms with Gasteiger partial charge in [-0.2, -0.15) is 4.68 Å². The second kappa shape index (κ2) is 9.17. The maximum absolute atomic E-state index is 13.1. The molecule has 3 aromatic rings. The number of tetrazole rings is 1. The van der Waals surface area contributed by atoms with Crippen molar-refractivity contribution < 1.29 is 19.1 Å². The largest absolute Gasteiger partial charge is 0.465 e. The molecule has 2 aromatic carbocycles. The smallest absolute Gasteiger partial charge is 0.415 e. The lowest BCUT2D eigenvalue weighted by atomic mass is 9.79. The van der Waals surface area contributed by atoms with Gasteiger partial charge in [0.15, 0.2) is 5.82 Å². The van der Waals surface area contributed by atoms with Crippen molar-refractivity contribution in [3.63, 3.8) is 0 Å². The number of hydrogen-bond donors (Lipinski definition) is 0. The minimum absolute atomic E-state index is 0.337. The number of methoxy groups -OCH3 is 1. The lowest BCUT2D eigenvalue weighted by Gasteiger charge is -2.42. The predicted molar refractivity (Wildman–Crippen MR) is 115 cm³/mol. The summed E-state index contributed by atoms with van der Waals surface area (Å²) >= 11 is 0. The summed E-state index contributed by atoms with van der Waals surface area (Å²) in [6, 6.07) is 15.9. The van der Waals surface area contributed by atoms with Gasteiger partial charge >= 0.3 is 12.1 Å². The van der Waals surface area contributed by atoms with Crippen LogP contribution < -0.4 is 4.74 Å². The summed E-state index contributed by atoms with van der Waals surface area (Å²) in [6.45, 7) is 0. The Hall–Kier alpha value is -3.75. The lowest BCUT2D eigenvalue weighted by Crippen LogP contribution is -2.51. The summed E-state index contributed by atoms with van der Waals surface area (Å²) < 4.78 is 12.1. The second-order valence-electron chi connectivity index (χ2n) is 7.76. The van der Waals surface area contributed by atoms with Gasteiger partial charge < -0.3 is 9.47 Å². The van der Waals surface area contributed by atoms with Gasteiger partial charge in [0.05, 0.1) is 18.4 Å². The Bertz CT molecular complexity index is 1090. The highest BCUT2D eigenvalue weighted by atomic mass is 16.6. The molecule has 166 valence electrons. The van der Waals surface area contributed by atoms with Crippen LogP contribution in [-0.2, 0) is 10.3 Å². The highest BCUT2D eigenvalue weighted by Gasteiger charge is 2.46. The zero-order valence-electron chi connectivity index (χ0n) is 18.1. The third-order valence-corrected chi connectivity index (χ3v) is 5.97. The van der Waals surface area contributed by atoms with Crippen molar-refractivity contribution >= 4 is 12.1 Å². The van der Waals surface area contributed by atoms with Crippen LogP contribution in [0.2, 0.25) is 0 Å². The molecule has 0 spiro atoms. The Kier molecular flexibility index (Phi) is 6.16. The van der Waals surface area contributed by atoms with Crippen molar-refractivity contribution in [2.45, 2.75) is 37.6 Å². The number of carbonyl (C=O) groups excluding carboxylic acids is 2. The van der Waals surface area contributed by atoms with Crippen molar-refractivity contribution in [1.82, 2.24) is 25.1 Å². The normalized spacial score (nSPS) is 15.1. The molecule has 0 unspecified atom stereocenters. The van der Waals surface area contributed by atoms with E-state index in [2.05, 4.69) is 15.5 Å². The molecule has 0 radical (unpaired) electrons. The van der Waals surface area contributed by atoms with E-state index >= 15 is 0 Å². The monoisotopic (exact) mass is 435 g/mol. The number of benzene rings is 2. The first-order valence-electron chi connectivity index (χ1n) is 10.5. The minimum atomic E-state index is -0.781. The Morgan fingerprint density at radius 3 is 2.41 bits per heavy atom. The van der Waals surface area contributed by atoms with E-state index in [9.17, 15) is 9.59 Å². The zero-order chi connectivity index (χ0) is 22.6. The lowest BCUT2D eigenvalue weighted by molar-refractivity contribution is 0.0589. The van der Waals surface area contributed by atoms with E-state index < -0.39 is 17.6 Å². The SMILES string of the molecule is COC(=O)c1ccccc1-n1nnnc1C1(N(C)C(=O)Oc2ccccc2)CCCCC1. The number of nitrogens with zero attached hydrogens (tertiary/aromatic N) is 5. The predicted octanol–water partition coefficient (Wildman–Crippen LogP) is 3.74. The van der Waals surface area contributed by atoms with Crippen LogP contribution in [-0.4, -0.2) is 51.3 Å². The molecule has 9 heteroatoms. The molecule has 1 aliphatic carbocycles. The maximum atomic E-state index is 13.1. The molecule has 1 amide bonds. The molecule has 1 aromatic heterocycles. The van der Waals surface area contributed by atoms with Crippen LogP contribution in [0, 0.1) is 0 Å². The molecule has 9 nitrogen and oxygen atoms in total. The molecule has 0 bridgehead atoms. The number of carbonyl (C=O) groups is 2. The van der Waals surface area contributed by atoms with Crippen LogP contribution in [0.15, 0.2) is 54.6 Å². The fourth-order valence-electron chi connectivity index (χ4n) is 4.26. The summed E-state index contributed by atoms with van der Waals surface area (Å²) in [6.07, 6.45) is 3.74. The van der Waals surface area contributed by atoms with Gasteiger partial charge in [0, 0.05) is 7.05 Å². The van der Waals surface area contributed by atoms with E-state index in [4.69, 9.17) is 9.47 Å². The average Bonchev–Trinajstić information content (AvgIpc) is 3.34. The third-order valence-electron chi connectivity index (χ3n) is 5.97. The Morgan fingerprint density at radius 1 is 1.00 bits per heavy atom. The first-order valence-corrected chi connectivity index (χ1v) is 10.5. The molecular weight excluding hydrogens is 410 g/mol. The van der Waals surface area contributed by atoms with Gasteiger partial charge in [0.25, 0.3) is 0 Å². The number of amides is 1. The quantitative estimate of drug-likeness (QED) is 0.563. The molecular formula is C23H25N5O4. The molecule has 1 fully saturated rings. The topological polar surface area (TPSA) is 99.4 Å². The van der Waals surface area contributed by atoms with Crippen molar-refractivity contribution in [1.29, 1.82) is 0 Å². The van der Waals surface area contributed by atoms with Crippen LogP contribution in [0.3, 0.4) is 0 Å². The molecule has 0 saturated heterocycles. The molecule has 0 aliphatic heterocycles. The van der Waals surface area contributed by atoms with Crippen molar-refractivity contribution in [3.05, 3.63) is 66.0 Å². The van der Waals surface area contributed by atoms with E-state index in [0.29, 0.717) is 35.7 Å². The van der Waals surface area contributed by atoms with Crippen LogP contribution in [0.5, 0.6) is 5.75 Å². The molecule has 1 heterocycles. The van der Waals surface area contributed by atoms with Crippen molar-refractivity contribution in [2.75, 3.05) is 14.2 Å². The number of hydrogen-bond acceptors (Lipinski definition) is 7. The Labute approximate surface area is 185 Å². The van der Waals surface area contributed by atoms with Crippen molar-refractivity contribution in [3.8, 4) is 11.4 Å². The second-order valence-corrected chi connectivity index (χ2v) is 7.76. The van der Waals surface area contributed by atoms with Gasteiger partial charge in [-0.25, -0.2) is 9.59 Å². The summed E-state index contributed by atoms with van der Waals surface area (Å²) in [5.41, 5.74) is 0.0507. The van der Waals surface area contributed by atoms with Gasteiger partial charge in [-0.1, -0.05) is 49.6 Å². The number of esters is 1. The highest BCUT2D eigenvalue weighted by molar-refractivity contribution is 5.93. The number of aromatic nitrogens is 4. The fourth-order valence-corrected chi connectivity index (χ4v) is 4.26. The van der Waals surface area contributed by atoms with Crippen molar-refractivity contribution in [2.24, 2.45) is 0 Å². The summed E-state index contributed by atoms with van der Waals surface area (Å²) in [5, 5.41) is 12.4. The summed E-state index contributed by atoms with van der Waals surface area (Å²) in [7, 11) is 3.04.